The Hall–Kier alpha value is -0.440. The van der Waals surface area contributed by atoms with Crippen molar-refractivity contribution in [1.29, 1.82) is 0 Å². The van der Waals surface area contributed by atoms with Gasteiger partial charge in [-0.05, 0) is 39.9 Å². The zero-order valence-corrected chi connectivity index (χ0v) is 12.5. The van der Waals surface area contributed by atoms with Gasteiger partial charge in [0.05, 0.1) is 3.79 Å². The zero-order chi connectivity index (χ0) is 13.2. The third kappa shape index (κ3) is 3.51. The van der Waals surface area contributed by atoms with Gasteiger partial charge in [-0.3, -0.25) is 4.79 Å². The molecule has 0 spiro atoms. The standard InChI is InChI=1S/C9H12BrNO4S2/c1-6(9(12)13)17(14,15)11(2)4-7-3-8(10)16-5-7/h3,5-6H,4H2,1-2H3,(H,12,13). The number of halogens is 1. The van der Waals surface area contributed by atoms with Crippen molar-refractivity contribution in [2.24, 2.45) is 0 Å². The normalized spacial score (nSPS) is 13.9. The monoisotopic (exact) mass is 341 g/mol. The number of hydrogen-bond acceptors (Lipinski definition) is 4. The van der Waals surface area contributed by atoms with E-state index in [1.807, 2.05) is 11.4 Å². The Labute approximate surface area is 112 Å². The van der Waals surface area contributed by atoms with Crippen LogP contribution in [0.15, 0.2) is 15.2 Å². The largest absolute Gasteiger partial charge is 0.480 e. The van der Waals surface area contributed by atoms with Crippen LogP contribution >= 0.6 is 27.3 Å². The Morgan fingerprint density at radius 2 is 2.24 bits per heavy atom. The van der Waals surface area contributed by atoms with Crippen LogP contribution in [0, 0.1) is 0 Å². The molecule has 0 bridgehead atoms. The van der Waals surface area contributed by atoms with Gasteiger partial charge in [-0.25, -0.2) is 8.42 Å². The van der Waals surface area contributed by atoms with Crippen molar-refractivity contribution in [3.05, 3.63) is 20.8 Å². The third-order valence-electron chi connectivity index (χ3n) is 2.26. The molecule has 0 saturated carbocycles. The van der Waals surface area contributed by atoms with Crippen LogP contribution in [0.4, 0.5) is 0 Å². The first-order chi connectivity index (χ1) is 7.75. The first-order valence-corrected chi connectivity index (χ1v) is 7.83. The zero-order valence-electron chi connectivity index (χ0n) is 9.25. The van der Waals surface area contributed by atoms with E-state index in [9.17, 15) is 13.2 Å². The average Bonchev–Trinajstić information content (AvgIpc) is 2.62. The van der Waals surface area contributed by atoms with Crippen LogP contribution in [-0.4, -0.2) is 36.1 Å². The van der Waals surface area contributed by atoms with Crippen LogP contribution in [-0.2, 0) is 21.4 Å². The minimum absolute atomic E-state index is 0.169. The van der Waals surface area contributed by atoms with E-state index in [4.69, 9.17) is 5.11 Å². The van der Waals surface area contributed by atoms with Crippen molar-refractivity contribution < 1.29 is 18.3 Å². The fraction of sp³-hybridized carbons (Fsp3) is 0.444. The van der Waals surface area contributed by atoms with E-state index in [-0.39, 0.29) is 6.54 Å². The summed E-state index contributed by atoms with van der Waals surface area (Å²) < 4.78 is 25.6. The fourth-order valence-electron chi connectivity index (χ4n) is 1.17. The number of thiophene rings is 1. The Bertz CT molecular complexity index is 511. The molecule has 8 heteroatoms. The predicted octanol–water partition coefficient (Wildman–Crippen LogP) is 1.75. The van der Waals surface area contributed by atoms with Crippen molar-refractivity contribution in [2.75, 3.05) is 7.05 Å². The van der Waals surface area contributed by atoms with Crippen molar-refractivity contribution in [1.82, 2.24) is 4.31 Å². The molecule has 1 N–H and O–H groups in total. The van der Waals surface area contributed by atoms with E-state index in [0.29, 0.717) is 0 Å². The maximum absolute atomic E-state index is 11.8. The number of sulfonamides is 1. The molecule has 0 aliphatic rings. The minimum atomic E-state index is -3.80. The first-order valence-electron chi connectivity index (χ1n) is 4.66. The second-order valence-corrected chi connectivity index (χ2v) is 8.19. The summed E-state index contributed by atoms with van der Waals surface area (Å²) in [5.41, 5.74) is 0.825. The van der Waals surface area contributed by atoms with E-state index < -0.39 is 21.2 Å². The topological polar surface area (TPSA) is 74.7 Å². The minimum Gasteiger partial charge on any atom is -0.480 e. The molecule has 5 nitrogen and oxygen atoms in total. The van der Waals surface area contributed by atoms with Crippen molar-refractivity contribution in [3.63, 3.8) is 0 Å². The highest BCUT2D eigenvalue weighted by molar-refractivity contribution is 9.11. The molecule has 1 atom stereocenters. The lowest BCUT2D eigenvalue weighted by Gasteiger charge is -2.19. The van der Waals surface area contributed by atoms with E-state index in [1.54, 1.807) is 0 Å². The summed E-state index contributed by atoms with van der Waals surface area (Å²) in [4.78, 5) is 10.7. The predicted molar refractivity (Wildman–Crippen MR) is 69.5 cm³/mol. The quantitative estimate of drug-likeness (QED) is 0.885. The molecule has 1 unspecified atom stereocenters. The van der Waals surface area contributed by atoms with E-state index in [1.165, 1.54) is 18.4 Å². The Morgan fingerprint density at radius 3 is 2.65 bits per heavy atom. The summed E-state index contributed by atoms with van der Waals surface area (Å²) in [6, 6.07) is 1.81. The van der Waals surface area contributed by atoms with E-state index in [0.717, 1.165) is 20.6 Å². The van der Waals surface area contributed by atoms with Gasteiger partial charge in [-0.1, -0.05) is 0 Å². The molecule has 17 heavy (non-hydrogen) atoms. The van der Waals surface area contributed by atoms with Crippen LogP contribution in [0.5, 0.6) is 0 Å². The molecule has 1 rings (SSSR count). The van der Waals surface area contributed by atoms with Crippen LogP contribution in [0.3, 0.4) is 0 Å². The first kappa shape index (κ1) is 14.6. The van der Waals surface area contributed by atoms with E-state index in [2.05, 4.69) is 15.9 Å². The maximum atomic E-state index is 11.8. The fourth-order valence-corrected chi connectivity index (χ4v) is 3.50. The van der Waals surface area contributed by atoms with E-state index >= 15 is 0 Å². The summed E-state index contributed by atoms with van der Waals surface area (Å²) in [5, 5.41) is 9.11. The highest BCUT2D eigenvalue weighted by Crippen LogP contribution is 2.22. The van der Waals surface area contributed by atoms with Gasteiger partial charge in [0.25, 0.3) is 0 Å². The average molecular weight is 342 g/mol. The number of rotatable bonds is 5. The molecule has 1 heterocycles. The summed E-state index contributed by atoms with van der Waals surface area (Å²) in [6.45, 7) is 1.33. The summed E-state index contributed by atoms with van der Waals surface area (Å²) in [5.74, 6) is -1.34. The van der Waals surface area contributed by atoms with Crippen LogP contribution in [0.1, 0.15) is 12.5 Å². The molecule has 0 saturated heterocycles. The van der Waals surface area contributed by atoms with Gasteiger partial charge in [0.1, 0.15) is 0 Å². The molecule has 0 radical (unpaired) electrons. The Morgan fingerprint density at radius 1 is 1.65 bits per heavy atom. The van der Waals surface area contributed by atoms with Crippen LogP contribution < -0.4 is 0 Å². The van der Waals surface area contributed by atoms with Gasteiger partial charge in [-0.2, -0.15) is 4.31 Å². The smallest absolute Gasteiger partial charge is 0.323 e. The van der Waals surface area contributed by atoms with Crippen LogP contribution in [0.2, 0.25) is 0 Å². The van der Waals surface area contributed by atoms with Crippen molar-refractivity contribution >= 4 is 43.3 Å². The number of carboxylic acids is 1. The molecular formula is C9H12BrNO4S2. The van der Waals surface area contributed by atoms with Gasteiger partial charge in [-0.15, -0.1) is 11.3 Å². The van der Waals surface area contributed by atoms with Gasteiger partial charge in [0.2, 0.25) is 10.0 Å². The lowest BCUT2D eigenvalue weighted by molar-refractivity contribution is -0.136. The summed E-state index contributed by atoms with van der Waals surface area (Å²) in [7, 11) is -2.43. The summed E-state index contributed by atoms with van der Waals surface area (Å²) >= 11 is 4.73. The number of hydrogen-bond donors (Lipinski definition) is 1. The van der Waals surface area contributed by atoms with Crippen molar-refractivity contribution in [3.8, 4) is 0 Å². The van der Waals surface area contributed by atoms with Gasteiger partial charge < -0.3 is 5.11 Å². The number of carboxylic acid groups (broad SMARTS) is 1. The lowest BCUT2D eigenvalue weighted by Crippen LogP contribution is -2.38. The second kappa shape index (κ2) is 5.47. The van der Waals surface area contributed by atoms with Crippen molar-refractivity contribution in [2.45, 2.75) is 18.7 Å². The molecule has 96 valence electrons. The van der Waals surface area contributed by atoms with Gasteiger partial charge in [0, 0.05) is 13.6 Å². The highest BCUT2D eigenvalue weighted by atomic mass is 79.9. The number of aliphatic carboxylic acids is 1. The maximum Gasteiger partial charge on any atom is 0.323 e. The lowest BCUT2D eigenvalue weighted by atomic mass is 10.3. The molecule has 0 aliphatic carbocycles. The van der Waals surface area contributed by atoms with Gasteiger partial charge in [0.15, 0.2) is 5.25 Å². The van der Waals surface area contributed by atoms with Crippen LogP contribution in [0.25, 0.3) is 0 Å². The molecule has 1 aromatic heterocycles. The Kier molecular flexibility index (Phi) is 4.70. The molecular weight excluding hydrogens is 330 g/mol. The SMILES string of the molecule is CC(C(=O)O)S(=O)(=O)N(C)Cc1csc(Br)c1. The summed E-state index contributed by atoms with van der Waals surface area (Å²) in [6.07, 6.45) is 0. The molecule has 1 aromatic rings. The van der Waals surface area contributed by atoms with Gasteiger partial charge >= 0.3 is 5.97 Å². The Balaban J connectivity index is 2.83. The third-order valence-corrected chi connectivity index (χ3v) is 5.90. The number of nitrogens with zero attached hydrogens (tertiary/aromatic N) is 1. The molecule has 0 amide bonds. The second-order valence-electron chi connectivity index (χ2n) is 3.54. The molecule has 0 fully saturated rings. The molecule has 0 aromatic carbocycles. The highest BCUT2D eigenvalue weighted by Gasteiger charge is 2.31. The molecule has 0 aliphatic heterocycles. The number of carbonyl (C=O) groups is 1.